The molecule has 1 aromatic heterocycles. The zero-order chi connectivity index (χ0) is 13.7. The molecule has 1 heterocycles. The van der Waals surface area contributed by atoms with Crippen LogP contribution in [0.25, 0.3) is 0 Å². The van der Waals surface area contributed by atoms with Crippen LogP contribution in [0.15, 0.2) is 24.5 Å². The Morgan fingerprint density at radius 3 is 2.84 bits per heavy atom. The highest BCUT2D eigenvalue weighted by atomic mass is 16.2. The van der Waals surface area contributed by atoms with Gasteiger partial charge in [0.1, 0.15) is 0 Å². The maximum absolute atomic E-state index is 12.2. The van der Waals surface area contributed by atoms with E-state index < -0.39 is 0 Å². The highest BCUT2D eigenvalue weighted by Crippen LogP contribution is 2.28. The Kier molecular flexibility index (Phi) is 4.91. The van der Waals surface area contributed by atoms with Crippen LogP contribution >= 0.6 is 0 Å². The lowest BCUT2D eigenvalue weighted by molar-refractivity contribution is -0.132. The van der Waals surface area contributed by atoms with Gasteiger partial charge in [-0.15, -0.1) is 0 Å². The van der Waals surface area contributed by atoms with Gasteiger partial charge in [-0.05, 0) is 49.4 Å². The zero-order valence-corrected chi connectivity index (χ0v) is 11.6. The SMILES string of the molecule is CN(C(=O)CCc1ccncc1)C1CCCC1CN. The molecular formula is C15H23N3O. The van der Waals surface area contributed by atoms with Crippen molar-refractivity contribution in [2.75, 3.05) is 13.6 Å². The second-order valence-corrected chi connectivity index (χ2v) is 5.35. The minimum atomic E-state index is 0.224. The van der Waals surface area contributed by atoms with Crippen LogP contribution in [0.3, 0.4) is 0 Å². The van der Waals surface area contributed by atoms with Crippen molar-refractivity contribution in [2.24, 2.45) is 11.7 Å². The van der Waals surface area contributed by atoms with Crippen molar-refractivity contribution in [1.82, 2.24) is 9.88 Å². The summed E-state index contributed by atoms with van der Waals surface area (Å²) in [6, 6.07) is 4.27. The van der Waals surface area contributed by atoms with Gasteiger partial charge in [0, 0.05) is 31.9 Å². The lowest BCUT2D eigenvalue weighted by Gasteiger charge is -2.29. The molecular weight excluding hydrogens is 238 g/mol. The standard InChI is InChI=1S/C15H23N3O/c1-18(14-4-2-3-13(14)11-16)15(19)6-5-12-7-9-17-10-8-12/h7-10,13-14H,2-6,11,16H2,1H3. The van der Waals surface area contributed by atoms with Gasteiger partial charge in [-0.2, -0.15) is 0 Å². The van der Waals surface area contributed by atoms with Gasteiger partial charge in [0.15, 0.2) is 0 Å². The van der Waals surface area contributed by atoms with E-state index in [4.69, 9.17) is 5.73 Å². The predicted molar refractivity (Wildman–Crippen MR) is 75.5 cm³/mol. The lowest BCUT2D eigenvalue weighted by Crippen LogP contribution is -2.41. The van der Waals surface area contributed by atoms with E-state index in [1.54, 1.807) is 12.4 Å². The van der Waals surface area contributed by atoms with Gasteiger partial charge in [-0.25, -0.2) is 0 Å². The molecule has 2 atom stereocenters. The third kappa shape index (κ3) is 3.53. The summed E-state index contributed by atoms with van der Waals surface area (Å²) < 4.78 is 0. The number of hydrogen-bond donors (Lipinski definition) is 1. The number of amides is 1. The van der Waals surface area contributed by atoms with Crippen LogP contribution in [-0.4, -0.2) is 35.4 Å². The first kappa shape index (κ1) is 14.0. The van der Waals surface area contributed by atoms with E-state index >= 15 is 0 Å². The molecule has 2 rings (SSSR count). The summed E-state index contributed by atoms with van der Waals surface area (Å²) in [4.78, 5) is 18.1. The van der Waals surface area contributed by atoms with Gasteiger partial charge in [-0.3, -0.25) is 9.78 Å². The second kappa shape index (κ2) is 6.66. The van der Waals surface area contributed by atoms with Crippen molar-refractivity contribution in [2.45, 2.75) is 38.1 Å². The highest BCUT2D eigenvalue weighted by Gasteiger charge is 2.31. The fourth-order valence-corrected chi connectivity index (χ4v) is 2.96. The quantitative estimate of drug-likeness (QED) is 0.876. The Balaban J connectivity index is 1.85. The minimum absolute atomic E-state index is 0.224. The number of pyridine rings is 1. The van der Waals surface area contributed by atoms with Gasteiger partial charge in [-0.1, -0.05) is 6.42 Å². The molecule has 1 amide bonds. The van der Waals surface area contributed by atoms with Crippen LogP contribution in [0, 0.1) is 5.92 Å². The molecule has 1 aliphatic rings. The fourth-order valence-electron chi connectivity index (χ4n) is 2.96. The molecule has 4 nitrogen and oxygen atoms in total. The third-order valence-electron chi connectivity index (χ3n) is 4.19. The molecule has 0 aliphatic heterocycles. The van der Waals surface area contributed by atoms with Crippen molar-refractivity contribution in [3.05, 3.63) is 30.1 Å². The van der Waals surface area contributed by atoms with Gasteiger partial charge in [0.2, 0.25) is 5.91 Å². The van der Waals surface area contributed by atoms with Crippen molar-refractivity contribution in [3.63, 3.8) is 0 Å². The van der Waals surface area contributed by atoms with Crippen LogP contribution in [-0.2, 0) is 11.2 Å². The van der Waals surface area contributed by atoms with E-state index in [1.165, 1.54) is 12.0 Å². The number of nitrogens with zero attached hydrogens (tertiary/aromatic N) is 2. The summed E-state index contributed by atoms with van der Waals surface area (Å²) in [6.45, 7) is 0.687. The topological polar surface area (TPSA) is 59.2 Å². The number of aromatic nitrogens is 1. The summed E-state index contributed by atoms with van der Waals surface area (Å²) in [7, 11) is 1.92. The lowest BCUT2D eigenvalue weighted by atomic mass is 10.0. The van der Waals surface area contributed by atoms with E-state index in [-0.39, 0.29) is 5.91 Å². The molecule has 2 unspecified atom stereocenters. The van der Waals surface area contributed by atoms with E-state index in [9.17, 15) is 4.79 Å². The largest absolute Gasteiger partial charge is 0.342 e. The Labute approximate surface area is 115 Å². The van der Waals surface area contributed by atoms with Gasteiger partial charge in [0.25, 0.3) is 0 Å². The Hall–Kier alpha value is -1.42. The minimum Gasteiger partial charge on any atom is -0.342 e. The summed E-state index contributed by atoms with van der Waals surface area (Å²) >= 11 is 0. The van der Waals surface area contributed by atoms with E-state index in [1.807, 2.05) is 24.1 Å². The molecule has 1 saturated carbocycles. The summed E-state index contributed by atoms with van der Waals surface area (Å²) in [5.74, 6) is 0.706. The van der Waals surface area contributed by atoms with Crippen molar-refractivity contribution < 1.29 is 4.79 Å². The first-order valence-electron chi connectivity index (χ1n) is 7.07. The predicted octanol–water partition coefficient (Wildman–Crippen LogP) is 1.60. The zero-order valence-electron chi connectivity index (χ0n) is 11.6. The maximum atomic E-state index is 12.2. The van der Waals surface area contributed by atoms with Crippen LogP contribution in [0.4, 0.5) is 0 Å². The van der Waals surface area contributed by atoms with Crippen LogP contribution in [0.1, 0.15) is 31.2 Å². The van der Waals surface area contributed by atoms with E-state index in [0.717, 1.165) is 19.3 Å². The van der Waals surface area contributed by atoms with Crippen LogP contribution < -0.4 is 5.73 Å². The molecule has 1 aromatic rings. The highest BCUT2D eigenvalue weighted by molar-refractivity contribution is 5.76. The average molecular weight is 261 g/mol. The van der Waals surface area contributed by atoms with Crippen LogP contribution in [0.5, 0.6) is 0 Å². The first-order chi connectivity index (χ1) is 9.22. The second-order valence-electron chi connectivity index (χ2n) is 5.35. The molecule has 0 radical (unpaired) electrons. The molecule has 1 aliphatic carbocycles. The number of aryl methyl sites for hydroxylation is 1. The molecule has 0 bridgehead atoms. The third-order valence-corrected chi connectivity index (χ3v) is 4.19. The van der Waals surface area contributed by atoms with E-state index in [2.05, 4.69) is 4.98 Å². The first-order valence-corrected chi connectivity index (χ1v) is 7.07. The van der Waals surface area contributed by atoms with Crippen molar-refractivity contribution in [3.8, 4) is 0 Å². The molecule has 0 saturated heterocycles. The van der Waals surface area contributed by atoms with Crippen molar-refractivity contribution >= 4 is 5.91 Å². The average Bonchev–Trinajstić information content (AvgIpc) is 2.93. The number of carbonyl (C=O) groups excluding carboxylic acids is 1. The number of rotatable bonds is 5. The summed E-state index contributed by atoms with van der Waals surface area (Å²) in [5.41, 5.74) is 6.95. The molecule has 104 valence electrons. The summed E-state index contributed by atoms with van der Waals surface area (Å²) in [6.07, 6.45) is 8.33. The molecule has 1 fully saturated rings. The van der Waals surface area contributed by atoms with Crippen molar-refractivity contribution in [1.29, 1.82) is 0 Å². The van der Waals surface area contributed by atoms with Gasteiger partial charge in [0.05, 0.1) is 0 Å². The Morgan fingerprint density at radius 1 is 1.42 bits per heavy atom. The van der Waals surface area contributed by atoms with Gasteiger partial charge >= 0.3 is 0 Å². The number of hydrogen-bond acceptors (Lipinski definition) is 3. The monoisotopic (exact) mass is 261 g/mol. The number of nitrogens with two attached hydrogens (primary N) is 1. The number of carbonyl (C=O) groups is 1. The van der Waals surface area contributed by atoms with E-state index in [0.29, 0.717) is 24.9 Å². The molecule has 2 N–H and O–H groups in total. The fraction of sp³-hybridized carbons (Fsp3) is 0.600. The maximum Gasteiger partial charge on any atom is 0.222 e. The molecule has 0 aromatic carbocycles. The Bertz CT molecular complexity index is 407. The van der Waals surface area contributed by atoms with Crippen LogP contribution in [0.2, 0.25) is 0 Å². The molecule has 19 heavy (non-hydrogen) atoms. The molecule has 4 heteroatoms. The van der Waals surface area contributed by atoms with Gasteiger partial charge < -0.3 is 10.6 Å². The smallest absolute Gasteiger partial charge is 0.222 e. The normalized spacial score (nSPS) is 22.4. The summed E-state index contributed by atoms with van der Waals surface area (Å²) in [5, 5.41) is 0. The Morgan fingerprint density at radius 2 is 2.16 bits per heavy atom. The molecule has 0 spiro atoms.